The number of piperidine rings is 1. The van der Waals surface area contributed by atoms with Gasteiger partial charge in [-0.15, -0.1) is 24.0 Å². The van der Waals surface area contributed by atoms with Crippen LogP contribution < -0.4 is 10.6 Å². The van der Waals surface area contributed by atoms with Crippen LogP contribution in [0.15, 0.2) is 41.8 Å². The molecule has 1 aliphatic rings. The van der Waals surface area contributed by atoms with Gasteiger partial charge in [-0.1, -0.05) is 6.42 Å². The fourth-order valence-electron chi connectivity index (χ4n) is 3.49. The number of guanidine groups is 1. The highest BCUT2D eigenvalue weighted by atomic mass is 127. The van der Waals surface area contributed by atoms with Gasteiger partial charge in [0.2, 0.25) is 0 Å². The van der Waals surface area contributed by atoms with Crippen molar-refractivity contribution in [2.45, 2.75) is 45.2 Å². The van der Waals surface area contributed by atoms with Crippen molar-refractivity contribution in [2.24, 2.45) is 4.99 Å². The summed E-state index contributed by atoms with van der Waals surface area (Å²) in [6, 6.07) is 6.66. The van der Waals surface area contributed by atoms with Gasteiger partial charge < -0.3 is 15.5 Å². The molecule has 154 valence electrons. The van der Waals surface area contributed by atoms with Gasteiger partial charge in [0.25, 0.3) is 0 Å². The predicted octanol–water partition coefficient (Wildman–Crippen LogP) is 2.81. The number of aromatic nitrogens is 3. The van der Waals surface area contributed by atoms with E-state index in [1.807, 2.05) is 37.6 Å². The van der Waals surface area contributed by atoms with Crippen LogP contribution in [-0.4, -0.2) is 58.3 Å². The fourth-order valence-corrected chi connectivity index (χ4v) is 3.49. The molecule has 1 atom stereocenters. The number of aliphatic imine (C=N–C) groups is 1. The number of nitrogens with zero attached hydrogens (tertiary/aromatic N) is 5. The molecule has 2 aromatic rings. The van der Waals surface area contributed by atoms with Crippen LogP contribution in [0.1, 0.15) is 38.2 Å². The van der Waals surface area contributed by atoms with Crippen LogP contribution in [0.4, 0.5) is 0 Å². The first kappa shape index (κ1) is 22.6. The summed E-state index contributed by atoms with van der Waals surface area (Å²) < 4.78 is 1.76. The summed E-state index contributed by atoms with van der Waals surface area (Å²) in [5.41, 5.74) is 1.14. The summed E-state index contributed by atoms with van der Waals surface area (Å²) in [4.78, 5) is 11.3. The molecule has 0 spiro atoms. The maximum Gasteiger partial charge on any atom is 0.191 e. The maximum atomic E-state index is 4.36. The molecule has 3 rings (SSSR count). The van der Waals surface area contributed by atoms with E-state index in [9.17, 15) is 0 Å². The standard InChI is InChI=1S/C20H31N7.HI/c1-17-7-3-4-12-26(17)13-5-9-23-20(21-2)24-16-18-8-11-22-19(15-18)27-14-6-10-25-27;/h6,8,10-11,14-15,17H,3-5,7,9,12-13,16H2,1-2H3,(H2,21,23,24);1H. The monoisotopic (exact) mass is 497 g/mol. The van der Waals surface area contributed by atoms with Crippen molar-refractivity contribution in [1.29, 1.82) is 0 Å². The number of rotatable bonds is 7. The van der Waals surface area contributed by atoms with Crippen molar-refractivity contribution in [3.8, 4) is 5.82 Å². The minimum absolute atomic E-state index is 0. The number of nitrogens with one attached hydrogen (secondary N) is 2. The minimum Gasteiger partial charge on any atom is -0.356 e. The largest absolute Gasteiger partial charge is 0.356 e. The summed E-state index contributed by atoms with van der Waals surface area (Å²) in [5, 5.41) is 11.0. The SMILES string of the molecule is CN=C(NCCCN1CCCCC1C)NCc1ccnc(-n2cccn2)c1.I. The van der Waals surface area contributed by atoms with Gasteiger partial charge in [0.05, 0.1) is 0 Å². The minimum atomic E-state index is 0. The third kappa shape index (κ3) is 6.73. The third-order valence-corrected chi connectivity index (χ3v) is 5.09. The van der Waals surface area contributed by atoms with Gasteiger partial charge in [-0.05, 0) is 56.5 Å². The molecule has 2 aromatic heterocycles. The van der Waals surface area contributed by atoms with E-state index in [0.717, 1.165) is 42.9 Å². The summed E-state index contributed by atoms with van der Waals surface area (Å²) >= 11 is 0. The Bertz CT molecular complexity index is 717. The van der Waals surface area contributed by atoms with Gasteiger partial charge in [0.1, 0.15) is 0 Å². The van der Waals surface area contributed by atoms with Crippen LogP contribution in [0.3, 0.4) is 0 Å². The van der Waals surface area contributed by atoms with Crippen LogP contribution in [-0.2, 0) is 6.54 Å². The molecule has 3 heterocycles. The highest BCUT2D eigenvalue weighted by Crippen LogP contribution is 2.16. The van der Waals surface area contributed by atoms with Crippen LogP contribution in [0.25, 0.3) is 5.82 Å². The van der Waals surface area contributed by atoms with E-state index in [1.54, 1.807) is 10.9 Å². The molecule has 8 heteroatoms. The second-order valence-electron chi connectivity index (χ2n) is 7.06. The maximum absolute atomic E-state index is 4.36. The van der Waals surface area contributed by atoms with Gasteiger partial charge in [0.15, 0.2) is 11.8 Å². The molecule has 1 unspecified atom stereocenters. The van der Waals surface area contributed by atoms with Crippen molar-refractivity contribution in [1.82, 2.24) is 30.3 Å². The zero-order chi connectivity index (χ0) is 18.9. The van der Waals surface area contributed by atoms with Crippen molar-refractivity contribution < 1.29 is 0 Å². The molecule has 0 amide bonds. The lowest BCUT2D eigenvalue weighted by molar-refractivity contribution is 0.159. The Hall–Kier alpha value is -1.68. The van der Waals surface area contributed by atoms with Crippen LogP contribution in [0.5, 0.6) is 0 Å². The van der Waals surface area contributed by atoms with E-state index in [-0.39, 0.29) is 24.0 Å². The normalized spacial score (nSPS) is 17.8. The van der Waals surface area contributed by atoms with Crippen LogP contribution in [0, 0.1) is 0 Å². The molecule has 2 N–H and O–H groups in total. The number of hydrogen-bond acceptors (Lipinski definition) is 4. The predicted molar refractivity (Wildman–Crippen MR) is 124 cm³/mol. The Morgan fingerprint density at radius 2 is 2.18 bits per heavy atom. The fraction of sp³-hybridized carbons (Fsp3) is 0.550. The number of likely N-dealkylation sites (tertiary alicyclic amines) is 1. The molecule has 1 aliphatic heterocycles. The Morgan fingerprint density at radius 3 is 2.93 bits per heavy atom. The summed E-state index contributed by atoms with van der Waals surface area (Å²) in [5.74, 6) is 1.65. The van der Waals surface area contributed by atoms with E-state index in [0.29, 0.717) is 6.54 Å². The molecule has 0 aliphatic carbocycles. The molecule has 0 saturated carbocycles. The highest BCUT2D eigenvalue weighted by molar-refractivity contribution is 14.0. The number of halogens is 1. The van der Waals surface area contributed by atoms with Gasteiger partial charge >= 0.3 is 0 Å². The summed E-state index contributed by atoms with van der Waals surface area (Å²) in [6.45, 7) is 6.37. The second kappa shape index (κ2) is 12.0. The Balaban J connectivity index is 0.00000280. The van der Waals surface area contributed by atoms with E-state index in [1.165, 1.54) is 25.8 Å². The quantitative estimate of drug-likeness (QED) is 0.267. The molecule has 0 aromatic carbocycles. The lowest BCUT2D eigenvalue weighted by Crippen LogP contribution is -2.41. The van der Waals surface area contributed by atoms with Crippen LogP contribution >= 0.6 is 24.0 Å². The zero-order valence-corrected chi connectivity index (χ0v) is 19.2. The van der Waals surface area contributed by atoms with Gasteiger partial charge in [-0.25, -0.2) is 9.67 Å². The first-order chi connectivity index (χ1) is 13.3. The molecular weight excluding hydrogens is 465 g/mol. The van der Waals surface area contributed by atoms with E-state index in [2.05, 4.69) is 37.5 Å². The summed E-state index contributed by atoms with van der Waals surface area (Å²) in [6.07, 6.45) is 10.6. The lowest BCUT2D eigenvalue weighted by atomic mass is 10.0. The summed E-state index contributed by atoms with van der Waals surface area (Å²) in [7, 11) is 1.81. The van der Waals surface area contributed by atoms with Crippen molar-refractivity contribution in [3.05, 3.63) is 42.4 Å². The number of hydrogen-bond donors (Lipinski definition) is 2. The second-order valence-corrected chi connectivity index (χ2v) is 7.06. The molecule has 7 nitrogen and oxygen atoms in total. The van der Waals surface area contributed by atoms with Crippen LogP contribution in [0.2, 0.25) is 0 Å². The van der Waals surface area contributed by atoms with Crippen molar-refractivity contribution in [2.75, 3.05) is 26.7 Å². The van der Waals surface area contributed by atoms with E-state index in [4.69, 9.17) is 0 Å². The topological polar surface area (TPSA) is 70.4 Å². The van der Waals surface area contributed by atoms with Gasteiger partial charge in [-0.2, -0.15) is 5.10 Å². The molecule has 0 bridgehead atoms. The van der Waals surface area contributed by atoms with E-state index < -0.39 is 0 Å². The average Bonchev–Trinajstić information content (AvgIpc) is 3.24. The van der Waals surface area contributed by atoms with Gasteiger partial charge in [0, 0.05) is 51.3 Å². The first-order valence-electron chi connectivity index (χ1n) is 9.90. The molecular formula is C20H32IN7. The molecule has 1 saturated heterocycles. The van der Waals surface area contributed by atoms with Crippen molar-refractivity contribution in [3.63, 3.8) is 0 Å². The lowest BCUT2D eigenvalue weighted by Gasteiger charge is -2.33. The zero-order valence-electron chi connectivity index (χ0n) is 16.8. The van der Waals surface area contributed by atoms with Crippen molar-refractivity contribution >= 4 is 29.9 Å². The molecule has 1 fully saturated rings. The Morgan fingerprint density at radius 1 is 1.29 bits per heavy atom. The Kier molecular flexibility index (Phi) is 9.69. The smallest absolute Gasteiger partial charge is 0.191 e. The third-order valence-electron chi connectivity index (χ3n) is 5.09. The molecule has 0 radical (unpaired) electrons. The Labute approximate surface area is 185 Å². The molecule has 28 heavy (non-hydrogen) atoms. The average molecular weight is 497 g/mol. The first-order valence-corrected chi connectivity index (χ1v) is 9.90. The van der Waals surface area contributed by atoms with Gasteiger partial charge in [-0.3, -0.25) is 4.99 Å². The number of pyridine rings is 1. The highest BCUT2D eigenvalue weighted by Gasteiger charge is 2.17. The van der Waals surface area contributed by atoms with E-state index >= 15 is 0 Å².